The van der Waals surface area contributed by atoms with Gasteiger partial charge in [0.05, 0.1) is 11.4 Å². The van der Waals surface area contributed by atoms with Crippen LogP contribution in [-0.4, -0.2) is 12.3 Å². The van der Waals surface area contributed by atoms with Crippen molar-refractivity contribution in [1.29, 1.82) is 0 Å². The fraction of sp³-hybridized carbons (Fsp3) is 0.109. The first kappa shape index (κ1) is 43.1. The van der Waals surface area contributed by atoms with Gasteiger partial charge in [-0.2, -0.15) is 0 Å². The zero-order chi connectivity index (χ0) is 40.5. The van der Waals surface area contributed by atoms with Crippen molar-refractivity contribution in [3.05, 3.63) is 247 Å². The van der Waals surface area contributed by atoms with Gasteiger partial charge in [0.1, 0.15) is 6.17 Å². The van der Waals surface area contributed by atoms with Gasteiger partial charge in [0.2, 0.25) is 0 Å². The summed E-state index contributed by atoms with van der Waals surface area (Å²) < 4.78 is 0. The summed E-state index contributed by atoms with van der Waals surface area (Å²) in [6, 6.07) is 47.0. The predicted molar refractivity (Wildman–Crippen MR) is 258 cm³/mol. The molecule has 2 heterocycles. The highest BCUT2D eigenvalue weighted by Crippen LogP contribution is 2.38. The summed E-state index contributed by atoms with van der Waals surface area (Å²) in [4.78, 5) is 7.51. The molecular weight excluding hydrogens is 717 g/mol. The Hall–Kier alpha value is -7.01. The van der Waals surface area contributed by atoms with Crippen LogP contribution in [0, 0.1) is 0 Å². The van der Waals surface area contributed by atoms with Crippen molar-refractivity contribution in [2.24, 2.45) is 10.7 Å². The monoisotopic (exact) mass is 772 g/mol. The molecule has 296 valence electrons. The molecule has 0 fully saturated rings. The molecule has 0 saturated carbocycles. The van der Waals surface area contributed by atoms with Gasteiger partial charge in [-0.3, -0.25) is 4.99 Å². The summed E-state index contributed by atoms with van der Waals surface area (Å²) in [5.74, 6) is 0. The van der Waals surface area contributed by atoms with Gasteiger partial charge in [0, 0.05) is 29.7 Å². The van der Waals surface area contributed by atoms with E-state index in [2.05, 4.69) is 206 Å². The normalized spacial score (nSPS) is 16.6. The molecule has 0 bridgehead atoms. The number of para-hydroxylation sites is 1. The van der Waals surface area contributed by atoms with Crippen molar-refractivity contribution in [1.82, 2.24) is 5.32 Å². The maximum atomic E-state index is 5.23. The lowest BCUT2D eigenvalue weighted by Gasteiger charge is -2.28. The second-order valence-electron chi connectivity index (χ2n) is 13.7. The van der Waals surface area contributed by atoms with Crippen LogP contribution in [-0.2, 0) is 0 Å². The highest BCUT2D eigenvalue weighted by molar-refractivity contribution is 6.13. The number of rotatable bonds is 11. The first-order valence-electron chi connectivity index (χ1n) is 19.8. The molecule has 7 rings (SSSR count). The third-order valence-corrected chi connectivity index (χ3v) is 9.81. The Balaban J connectivity index is 0.000000668. The molecule has 1 atom stereocenters. The van der Waals surface area contributed by atoms with Crippen molar-refractivity contribution in [2.45, 2.75) is 33.9 Å². The Bertz CT molecular complexity index is 2400. The van der Waals surface area contributed by atoms with E-state index < -0.39 is 0 Å². The minimum Gasteiger partial charge on any atom is -0.360 e. The zero-order valence-electron chi connectivity index (χ0n) is 33.5. The van der Waals surface area contributed by atoms with Crippen LogP contribution < -0.4 is 16.0 Å². The Morgan fingerprint density at radius 2 is 1.39 bits per heavy atom. The van der Waals surface area contributed by atoms with Crippen LogP contribution >= 0.6 is 0 Å². The molecule has 4 nitrogen and oxygen atoms in total. The van der Waals surface area contributed by atoms with Gasteiger partial charge in [0.15, 0.2) is 0 Å². The van der Waals surface area contributed by atoms with Crippen LogP contribution in [0.5, 0.6) is 0 Å². The first-order valence-corrected chi connectivity index (χ1v) is 19.8. The SMILES string of the molecule is C.C=C/C=C\C=C/CN.C=C1/C=C\C(c2ccc(-c3ccccc3)cc2)=C/N(c2ccc(C3N=C(/C(=C/C=C\C)CC)C=C(c4ccccc4)N3)cc2)c2ccccc21. The number of nitrogens with zero attached hydrogens (tertiary/aromatic N) is 2. The molecular formula is C55H56N4. The topological polar surface area (TPSA) is 53.6 Å². The van der Waals surface area contributed by atoms with Gasteiger partial charge in [-0.25, -0.2) is 0 Å². The van der Waals surface area contributed by atoms with Gasteiger partial charge in [0.25, 0.3) is 0 Å². The lowest BCUT2D eigenvalue weighted by Crippen LogP contribution is -2.25. The number of nitrogens with one attached hydrogen (secondary N) is 1. The molecule has 5 aromatic carbocycles. The number of nitrogens with two attached hydrogens (primary N) is 1. The zero-order valence-corrected chi connectivity index (χ0v) is 33.5. The lowest BCUT2D eigenvalue weighted by atomic mass is 9.96. The smallest absolute Gasteiger partial charge is 0.145 e. The number of hydrogen-bond donors (Lipinski definition) is 2. The van der Waals surface area contributed by atoms with E-state index in [9.17, 15) is 0 Å². The van der Waals surface area contributed by atoms with E-state index in [4.69, 9.17) is 10.7 Å². The van der Waals surface area contributed by atoms with Crippen LogP contribution in [0.1, 0.15) is 56.1 Å². The third kappa shape index (κ3) is 11.3. The molecule has 4 heteroatoms. The van der Waals surface area contributed by atoms with Crippen LogP contribution in [0.3, 0.4) is 0 Å². The second kappa shape index (κ2) is 22.1. The van der Waals surface area contributed by atoms with E-state index in [1.807, 2.05) is 31.2 Å². The Morgan fingerprint density at radius 1 is 0.746 bits per heavy atom. The third-order valence-electron chi connectivity index (χ3n) is 9.81. The summed E-state index contributed by atoms with van der Waals surface area (Å²) in [5.41, 5.74) is 19.5. The first-order chi connectivity index (χ1) is 28.5. The largest absolute Gasteiger partial charge is 0.360 e. The van der Waals surface area contributed by atoms with E-state index >= 15 is 0 Å². The van der Waals surface area contributed by atoms with Crippen LogP contribution in [0.2, 0.25) is 0 Å². The number of hydrogen-bond acceptors (Lipinski definition) is 4. The number of allylic oxidation sites excluding steroid dienone is 13. The minimum absolute atomic E-state index is 0. The minimum atomic E-state index is -0.226. The molecule has 0 amide bonds. The summed E-state index contributed by atoms with van der Waals surface area (Å²) in [6.07, 6.45) is 24.9. The summed E-state index contributed by atoms with van der Waals surface area (Å²) >= 11 is 0. The van der Waals surface area contributed by atoms with Crippen molar-refractivity contribution in [3.8, 4) is 11.1 Å². The van der Waals surface area contributed by atoms with Crippen LogP contribution in [0.15, 0.2) is 230 Å². The van der Waals surface area contributed by atoms with E-state index in [0.717, 1.165) is 62.6 Å². The Kier molecular flexibility index (Phi) is 16.1. The Morgan fingerprint density at radius 3 is 2.05 bits per heavy atom. The summed E-state index contributed by atoms with van der Waals surface area (Å²) in [6.45, 7) is 12.8. The molecule has 2 aliphatic rings. The fourth-order valence-electron chi connectivity index (χ4n) is 6.72. The molecule has 0 saturated heterocycles. The van der Waals surface area contributed by atoms with Crippen molar-refractivity contribution in [2.75, 3.05) is 11.4 Å². The molecule has 5 aromatic rings. The molecule has 3 N–H and O–H groups in total. The van der Waals surface area contributed by atoms with Crippen molar-refractivity contribution in [3.63, 3.8) is 0 Å². The van der Waals surface area contributed by atoms with Gasteiger partial charge in [-0.15, -0.1) is 0 Å². The van der Waals surface area contributed by atoms with Gasteiger partial charge in [-0.1, -0.05) is 204 Å². The van der Waals surface area contributed by atoms with Gasteiger partial charge < -0.3 is 16.0 Å². The molecule has 0 aliphatic carbocycles. The van der Waals surface area contributed by atoms with Gasteiger partial charge >= 0.3 is 0 Å². The maximum absolute atomic E-state index is 5.23. The Labute approximate surface area is 352 Å². The number of anilines is 2. The number of aliphatic imine (C=N–C) groups is 1. The van der Waals surface area contributed by atoms with Crippen LogP contribution in [0.4, 0.5) is 11.4 Å². The van der Waals surface area contributed by atoms with Crippen molar-refractivity contribution >= 4 is 33.9 Å². The standard InChI is InChI=1S/C47H41N3.C7H11N.CH4/c1-4-6-15-35(5-2)44-32-45(39-18-11-8-12-19-39)49-47(48-44)40-28-30-42(31-29-40)50-33-41(23-22-34(3)43-20-13-14-21-46(43)50)38-26-24-37(25-27-38)36-16-9-7-10-17-36;1-2-3-4-5-6-7-8;/h4,6-33,47,49H,3,5H2,1-2H3;2-6H,1,7-8H2;1H4/b6-4-,23-22-,35-15+,41-33+;4-3-,6-5-;. The average molecular weight is 773 g/mol. The van der Waals surface area contributed by atoms with E-state index in [1.165, 1.54) is 16.7 Å². The quantitative estimate of drug-likeness (QED) is 0.131. The predicted octanol–water partition coefficient (Wildman–Crippen LogP) is 14.0. The highest BCUT2D eigenvalue weighted by Gasteiger charge is 2.21. The average Bonchev–Trinajstić information content (AvgIpc) is 3.28. The van der Waals surface area contributed by atoms with E-state index in [1.54, 1.807) is 6.08 Å². The lowest BCUT2D eigenvalue weighted by molar-refractivity contribution is 0.663. The number of fused-ring (bicyclic) bond motifs is 1. The molecule has 1 unspecified atom stereocenters. The van der Waals surface area contributed by atoms with Crippen molar-refractivity contribution < 1.29 is 0 Å². The van der Waals surface area contributed by atoms with E-state index in [0.29, 0.717) is 6.54 Å². The number of benzene rings is 5. The molecule has 0 spiro atoms. The fourth-order valence-corrected chi connectivity index (χ4v) is 6.72. The van der Waals surface area contributed by atoms with Gasteiger partial charge in [-0.05, 0) is 82.2 Å². The molecule has 2 aliphatic heterocycles. The second-order valence-corrected chi connectivity index (χ2v) is 13.7. The summed E-state index contributed by atoms with van der Waals surface area (Å²) in [5, 5.41) is 3.72. The molecule has 0 radical (unpaired) electrons. The van der Waals surface area contributed by atoms with E-state index in [-0.39, 0.29) is 13.6 Å². The summed E-state index contributed by atoms with van der Waals surface area (Å²) in [7, 11) is 0. The molecule has 0 aromatic heterocycles. The van der Waals surface area contributed by atoms with Crippen LogP contribution in [0.25, 0.3) is 28.0 Å². The highest BCUT2D eigenvalue weighted by atomic mass is 15.1. The molecule has 59 heavy (non-hydrogen) atoms. The maximum Gasteiger partial charge on any atom is 0.145 e.